The third kappa shape index (κ3) is 4.69. The smallest absolute Gasteiger partial charge is 0.352 e. The lowest BCUT2D eigenvalue weighted by Gasteiger charge is -2.29. The first-order chi connectivity index (χ1) is 14.8. The molecule has 0 saturated carbocycles. The lowest BCUT2D eigenvalue weighted by Crippen LogP contribution is -2.32. The maximum atomic E-state index is 12.9. The number of fused-ring (bicyclic) bond motifs is 1. The van der Waals surface area contributed by atoms with Crippen LogP contribution >= 0.6 is 12.2 Å². The van der Waals surface area contributed by atoms with Crippen LogP contribution in [-0.4, -0.2) is 32.8 Å². The van der Waals surface area contributed by atoms with E-state index in [0.717, 1.165) is 23.4 Å². The van der Waals surface area contributed by atoms with E-state index in [4.69, 9.17) is 12.2 Å². The van der Waals surface area contributed by atoms with Gasteiger partial charge in [0.05, 0.1) is 11.3 Å². The minimum atomic E-state index is -4.49. The van der Waals surface area contributed by atoms with Crippen molar-refractivity contribution in [3.8, 4) is 0 Å². The Kier molecular flexibility index (Phi) is 5.64. The van der Waals surface area contributed by atoms with Crippen molar-refractivity contribution in [1.82, 2.24) is 15.0 Å². The minimum Gasteiger partial charge on any atom is -0.352 e. The van der Waals surface area contributed by atoms with Gasteiger partial charge in [0.2, 0.25) is 0 Å². The lowest BCUT2D eigenvalue weighted by atomic mass is 10.1. The number of carbonyl (C=O) groups excluding carboxylic acids is 1. The summed E-state index contributed by atoms with van der Waals surface area (Å²) in [5.74, 6) is 0.502. The van der Waals surface area contributed by atoms with Crippen molar-refractivity contribution in [2.24, 2.45) is 0 Å². The zero-order chi connectivity index (χ0) is 22.0. The molecule has 6 nitrogen and oxygen atoms in total. The van der Waals surface area contributed by atoms with Gasteiger partial charge in [-0.2, -0.15) is 13.2 Å². The third-order valence-electron chi connectivity index (χ3n) is 4.80. The summed E-state index contributed by atoms with van der Waals surface area (Å²) in [5, 5.41) is 3.91. The standard InChI is InChI=1S/C21H16F3N5OS/c22-21(23,24)14-3-1-4-15(9-14)26-20(30)17-5-2-6-19(28-17)29-8-7-16-13(11-29)10-25-18(12-31)27-16/h1-6,9-10,12H,7-8,11H2,(H,26,30). The highest BCUT2D eigenvalue weighted by molar-refractivity contribution is 7.79. The molecule has 0 fully saturated rings. The topological polar surface area (TPSA) is 71.0 Å². The summed E-state index contributed by atoms with van der Waals surface area (Å²) in [4.78, 5) is 27.6. The Labute approximate surface area is 181 Å². The van der Waals surface area contributed by atoms with Crippen LogP contribution in [0.4, 0.5) is 24.7 Å². The van der Waals surface area contributed by atoms with Gasteiger partial charge in [-0.3, -0.25) is 4.79 Å². The van der Waals surface area contributed by atoms with Crippen LogP contribution in [0.15, 0.2) is 48.7 Å². The number of anilines is 2. The number of alkyl halides is 3. The van der Waals surface area contributed by atoms with Crippen molar-refractivity contribution >= 4 is 35.0 Å². The Morgan fingerprint density at radius 1 is 1.16 bits per heavy atom. The number of nitrogens with zero attached hydrogens (tertiary/aromatic N) is 4. The van der Waals surface area contributed by atoms with E-state index in [0.29, 0.717) is 31.2 Å². The van der Waals surface area contributed by atoms with Gasteiger partial charge in [0.1, 0.15) is 11.5 Å². The predicted molar refractivity (Wildman–Crippen MR) is 113 cm³/mol. The minimum absolute atomic E-state index is 0.0467. The fraction of sp³-hybridized carbons (Fsp3) is 0.190. The number of rotatable bonds is 4. The normalized spacial score (nSPS) is 13.5. The number of aromatic nitrogens is 3. The molecular formula is C21H16F3N5OS. The number of halogens is 3. The Morgan fingerprint density at radius 2 is 1.97 bits per heavy atom. The van der Waals surface area contributed by atoms with Crippen LogP contribution in [0.5, 0.6) is 0 Å². The highest BCUT2D eigenvalue weighted by Gasteiger charge is 2.30. The summed E-state index contributed by atoms with van der Waals surface area (Å²) in [5.41, 5.74) is 1.20. The fourth-order valence-corrected chi connectivity index (χ4v) is 3.39. The quantitative estimate of drug-likeness (QED) is 0.614. The molecule has 0 radical (unpaired) electrons. The molecule has 2 aromatic heterocycles. The van der Waals surface area contributed by atoms with Crippen LogP contribution in [0, 0.1) is 0 Å². The number of carbonyl (C=O) groups is 1. The molecule has 1 N–H and O–H groups in total. The van der Waals surface area contributed by atoms with Crippen molar-refractivity contribution in [3.05, 3.63) is 77.0 Å². The first-order valence-corrected chi connectivity index (χ1v) is 9.81. The average Bonchev–Trinajstić information content (AvgIpc) is 2.78. The van der Waals surface area contributed by atoms with E-state index in [2.05, 4.69) is 20.3 Å². The van der Waals surface area contributed by atoms with Crippen molar-refractivity contribution in [3.63, 3.8) is 0 Å². The molecule has 31 heavy (non-hydrogen) atoms. The lowest BCUT2D eigenvalue weighted by molar-refractivity contribution is -0.137. The molecule has 1 amide bonds. The molecule has 0 bridgehead atoms. The molecule has 0 atom stereocenters. The van der Waals surface area contributed by atoms with Crippen LogP contribution < -0.4 is 10.2 Å². The second-order valence-corrected chi connectivity index (χ2v) is 7.14. The highest BCUT2D eigenvalue weighted by Crippen LogP contribution is 2.30. The Hall–Kier alpha value is -3.40. The van der Waals surface area contributed by atoms with E-state index in [1.807, 2.05) is 4.90 Å². The summed E-state index contributed by atoms with van der Waals surface area (Å²) in [6.07, 6.45) is -2.08. The molecule has 10 heteroatoms. The molecule has 1 aromatic carbocycles. The summed E-state index contributed by atoms with van der Waals surface area (Å²) in [6.45, 7) is 1.17. The van der Waals surface area contributed by atoms with Gasteiger partial charge in [-0.15, -0.1) is 0 Å². The molecule has 0 spiro atoms. The fourth-order valence-electron chi connectivity index (χ4n) is 3.28. The third-order valence-corrected chi connectivity index (χ3v) is 5.01. The first kappa shape index (κ1) is 20.9. The zero-order valence-corrected chi connectivity index (χ0v) is 16.9. The number of benzene rings is 1. The number of nitrogens with one attached hydrogen (secondary N) is 1. The van der Waals surface area contributed by atoms with Crippen LogP contribution in [0.1, 0.15) is 33.1 Å². The van der Waals surface area contributed by atoms with Crippen molar-refractivity contribution < 1.29 is 18.0 Å². The molecule has 4 rings (SSSR count). The van der Waals surface area contributed by atoms with Crippen LogP contribution in [0.2, 0.25) is 0 Å². The molecule has 1 aliphatic rings. The van der Waals surface area contributed by atoms with Crippen molar-refractivity contribution in [2.45, 2.75) is 19.1 Å². The molecular weight excluding hydrogens is 427 g/mol. The Balaban J connectivity index is 1.51. The van der Waals surface area contributed by atoms with Crippen LogP contribution in [-0.2, 0) is 19.1 Å². The number of amides is 1. The van der Waals surface area contributed by atoms with Gasteiger partial charge >= 0.3 is 6.18 Å². The highest BCUT2D eigenvalue weighted by atomic mass is 32.1. The molecule has 0 unspecified atom stereocenters. The van der Waals surface area contributed by atoms with Gasteiger partial charge in [-0.1, -0.05) is 24.4 Å². The Bertz CT molecular complexity index is 1150. The van der Waals surface area contributed by atoms with Gasteiger partial charge in [0.25, 0.3) is 5.91 Å². The summed E-state index contributed by atoms with van der Waals surface area (Å²) in [7, 11) is 0. The average molecular weight is 443 g/mol. The maximum Gasteiger partial charge on any atom is 0.416 e. The van der Waals surface area contributed by atoms with Crippen LogP contribution in [0.25, 0.3) is 0 Å². The van der Waals surface area contributed by atoms with Gasteiger partial charge in [-0.25, -0.2) is 15.0 Å². The van der Waals surface area contributed by atoms with Gasteiger partial charge in [0.15, 0.2) is 5.82 Å². The molecule has 0 aliphatic carbocycles. The summed E-state index contributed by atoms with van der Waals surface area (Å²) in [6, 6.07) is 9.44. The molecule has 3 aromatic rings. The largest absolute Gasteiger partial charge is 0.416 e. The van der Waals surface area contributed by atoms with E-state index in [9.17, 15) is 18.0 Å². The van der Waals surface area contributed by atoms with E-state index in [-0.39, 0.29) is 11.4 Å². The van der Waals surface area contributed by atoms with E-state index >= 15 is 0 Å². The number of hydrogen-bond acceptors (Lipinski definition) is 6. The first-order valence-electron chi connectivity index (χ1n) is 9.34. The van der Waals surface area contributed by atoms with E-state index < -0.39 is 17.6 Å². The molecule has 1 aliphatic heterocycles. The van der Waals surface area contributed by atoms with E-state index in [1.165, 1.54) is 23.6 Å². The molecule has 0 saturated heterocycles. The SMILES string of the molecule is O=C(Nc1cccc(C(F)(F)F)c1)c1cccc(N2CCc3nc(C=S)ncc3C2)n1. The van der Waals surface area contributed by atoms with Crippen molar-refractivity contribution in [1.29, 1.82) is 0 Å². The summed E-state index contributed by atoms with van der Waals surface area (Å²) >= 11 is 4.87. The second-order valence-electron chi connectivity index (χ2n) is 6.90. The monoisotopic (exact) mass is 443 g/mol. The van der Waals surface area contributed by atoms with Crippen LogP contribution in [0.3, 0.4) is 0 Å². The predicted octanol–water partition coefficient (Wildman–Crippen LogP) is 4.05. The van der Waals surface area contributed by atoms with Gasteiger partial charge in [0, 0.05) is 42.3 Å². The number of hydrogen-bond donors (Lipinski definition) is 1. The second kappa shape index (κ2) is 8.38. The molecule has 3 heterocycles. The summed E-state index contributed by atoms with van der Waals surface area (Å²) < 4.78 is 38.7. The maximum absolute atomic E-state index is 12.9. The van der Waals surface area contributed by atoms with Crippen molar-refractivity contribution in [2.75, 3.05) is 16.8 Å². The number of pyridine rings is 1. The zero-order valence-electron chi connectivity index (χ0n) is 16.1. The van der Waals surface area contributed by atoms with Gasteiger partial charge in [-0.05, 0) is 30.3 Å². The Morgan fingerprint density at radius 3 is 2.74 bits per heavy atom. The molecule has 158 valence electrons. The number of thiocarbonyl (C=S) groups is 1. The van der Waals surface area contributed by atoms with Gasteiger partial charge < -0.3 is 10.2 Å². The van der Waals surface area contributed by atoms with E-state index in [1.54, 1.807) is 18.3 Å².